The number of nitrogens with zero attached hydrogens (tertiary/aromatic N) is 2. The molecule has 0 aromatic carbocycles. The van der Waals surface area contributed by atoms with Gasteiger partial charge in [0.2, 0.25) is 5.88 Å². The molecule has 6 nitrogen and oxygen atoms in total. The second-order valence-electron chi connectivity index (χ2n) is 6.45. The first-order valence-electron chi connectivity index (χ1n) is 7.61. The van der Waals surface area contributed by atoms with Gasteiger partial charge in [0, 0.05) is 12.5 Å². The Balaban J connectivity index is 2.00. The number of methoxy groups -OCH3 is 1. The summed E-state index contributed by atoms with van der Waals surface area (Å²) in [6.45, 7) is 9.80. The largest absolute Gasteiger partial charge is 0.487 e. The van der Waals surface area contributed by atoms with Crippen molar-refractivity contribution in [3.8, 4) is 11.6 Å². The van der Waals surface area contributed by atoms with Crippen molar-refractivity contribution in [3.05, 3.63) is 31.0 Å². The van der Waals surface area contributed by atoms with Crippen molar-refractivity contribution in [1.29, 1.82) is 0 Å². The third kappa shape index (κ3) is 4.61. The van der Waals surface area contributed by atoms with Crippen LogP contribution in [0.3, 0.4) is 0 Å². The van der Waals surface area contributed by atoms with Crippen LogP contribution >= 0.6 is 0 Å². The van der Waals surface area contributed by atoms with Crippen LogP contribution in [0.1, 0.15) is 27.2 Å². The predicted octanol–water partition coefficient (Wildman–Crippen LogP) is 3.03. The summed E-state index contributed by atoms with van der Waals surface area (Å²) in [5.74, 6) is 1.17. The SMILES string of the molecule is C=C[C@H]1C[C@@H](Oc2ccc(OC)nc2)CN1C(=O)OC(C)(C)C. The lowest BCUT2D eigenvalue weighted by molar-refractivity contribution is 0.0240. The van der Waals surface area contributed by atoms with Gasteiger partial charge in [-0.3, -0.25) is 4.90 Å². The van der Waals surface area contributed by atoms with E-state index in [1.165, 1.54) is 0 Å². The Labute approximate surface area is 137 Å². The molecule has 0 spiro atoms. The molecule has 1 amide bonds. The van der Waals surface area contributed by atoms with Crippen molar-refractivity contribution >= 4 is 6.09 Å². The van der Waals surface area contributed by atoms with E-state index in [1.807, 2.05) is 20.8 Å². The molecule has 6 heteroatoms. The van der Waals surface area contributed by atoms with Gasteiger partial charge in [-0.05, 0) is 26.8 Å². The summed E-state index contributed by atoms with van der Waals surface area (Å²) >= 11 is 0. The lowest BCUT2D eigenvalue weighted by Gasteiger charge is -2.27. The minimum atomic E-state index is -0.526. The Morgan fingerprint density at radius 2 is 2.17 bits per heavy atom. The molecule has 0 bridgehead atoms. The minimum Gasteiger partial charge on any atom is -0.487 e. The molecule has 126 valence electrons. The molecule has 1 fully saturated rings. The molecule has 0 N–H and O–H groups in total. The highest BCUT2D eigenvalue weighted by atomic mass is 16.6. The van der Waals surface area contributed by atoms with Gasteiger partial charge >= 0.3 is 6.09 Å². The standard InChI is InChI=1S/C17H24N2O4/c1-6-12-9-14(11-19(12)16(20)23-17(2,3)4)22-13-7-8-15(21-5)18-10-13/h6-8,10,12,14H,1,9,11H2,2-5H3/t12-,14+/m0/s1. The van der Waals surface area contributed by atoms with Crippen molar-refractivity contribution in [2.75, 3.05) is 13.7 Å². The average molecular weight is 320 g/mol. The molecule has 0 radical (unpaired) electrons. The highest BCUT2D eigenvalue weighted by Crippen LogP contribution is 2.25. The third-order valence-electron chi connectivity index (χ3n) is 3.43. The fraction of sp³-hybridized carbons (Fsp3) is 0.529. The number of likely N-dealkylation sites (tertiary alicyclic amines) is 1. The highest BCUT2D eigenvalue weighted by Gasteiger charge is 2.37. The Hall–Kier alpha value is -2.24. The van der Waals surface area contributed by atoms with Crippen molar-refractivity contribution in [3.63, 3.8) is 0 Å². The van der Waals surface area contributed by atoms with Crippen molar-refractivity contribution < 1.29 is 19.0 Å². The molecule has 0 saturated carbocycles. The summed E-state index contributed by atoms with van der Waals surface area (Å²) in [4.78, 5) is 18.0. The van der Waals surface area contributed by atoms with E-state index in [0.29, 0.717) is 24.6 Å². The summed E-state index contributed by atoms with van der Waals surface area (Å²) in [6, 6.07) is 3.44. The first kappa shape index (κ1) is 17.1. The molecule has 1 aromatic rings. The van der Waals surface area contributed by atoms with E-state index in [1.54, 1.807) is 36.4 Å². The molecule has 0 aliphatic carbocycles. The molecule has 0 unspecified atom stereocenters. The van der Waals surface area contributed by atoms with Gasteiger partial charge in [-0.1, -0.05) is 6.08 Å². The maximum absolute atomic E-state index is 12.3. The fourth-order valence-corrected chi connectivity index (χ4v) is 2.41. The second kappa shape index (κ2) is 6.89. The van der Waals surface area contributed by atoms with Crippen LogP contribution in [0.5, 0.6) is 11.6 Å². The van der Waals surface area contributed by atoms with Crippen LogP contribution in [-0.4, -0.2) is 47.4 Å². The van der Waals surface area contributed by atoms with Crippen molar-refractivity contribution in [2.45, 2.75) is 44.9 Å². The molecular weight excluding hydrogens is 296 g/mol. The van der Waals surface area contributed by atoms with Crippen molar-refractivity contribution in [1.82, 2.24) is 9.88 Å². The van der Waals surface area contributed by atoms with Gasteiger partial charge in [0.25, 0.3) is 0 Å². The molecule has 2 rings (SSSR count). The van der Waals surface area contributed by atoms with Gasteiger partial charge in [-0.2, -0.15) is 0 Å². The van der Waals surface area contributed by atoms with Crippen LogP contribution in [0.15, 0.2) is 31.0 Å². The first-order valence-corrected chi connectivity index (χ1v) is 7.61. The van der Waals surface area contributed by atoms with E-state index in [-0.39, 0.29) is 18.2 Å². The molecule has 2 atom stereocenters. The number of pyridine rings is 1. The Bertz CT molecular complexity index is 551. The van der Waals surface area contributed by atoms with Crippen LogP contribution in [-0.2, 0) is 4.74 Å². The van der Waals surface area contributed by atoms with Crippen LogP contribution in [0.25, 0.3) is 0 Å². The quantitative estimate of drug-likeness (QED) is 0.798. The summed E-state index contributed by atoms with van der Waals surface area (Å²) < 4.78 is 16.4. The minimum absolute atomic E-state index is 0.0962. The van der Waals surface area contributed by atoms with E-state index in [9.17, 15) is 4.79 Å². The Morgan fingerprint density at radius 1 is 1.43 bits per heavy atom. The van der Waals surface area contributed by atoms with Crippen LogP contribution in [0, 0.1) is 0 Å². The monoisotopic (exact) mass is 320 g/mol. The molecular formula is C17H24N2O4. The molecule has 2 heterocycles. The zero-order chi connectivity index (χ0) is 17.0. The predicted molar refractivity (Wildman–Crippen MR) is 86.7 cm³/mol. The number of ether oxygens (including phenoxy) is 3. The van der Waals surface area contributed by atoms with Gasteiger partial charge in [-0.15, -0.1) is 6.58 Å². The maximum atomic E-state index is 12.3. The number of carbonyl (C=O) groups is 1. The number of amides is 1. The van der Waals surface area contributed by atoms with Crippen LogP contribution in [0.2, 0.25) is 0 Å². The topological polar surface area (TPSA) is 60.9 Å². The lowest BCUT2D eigenvalue weighted by atomic mass is 10.2. The number of carbonyl (C=O) groups excluding carboxylic acids is 1. The summed E-state index contributed by atoms with van der Waals surface area (Å²) in [6.07, 6.45) is 3.56. The van der Waals surface area contributed by atoms with E-state index >= 15 is 0 Å². The Morgan fingerprint density at radius 3 is 2.70 bits per heavy atom. The van der Waals surface area contributed by atoms with Gasteiger partial charge in [0.05, 0.1) is 25.9 Å². The van der Waals surface area contributed by atoms with E-state index in [2.05, 4.69) is 11.6 Å². The van der Waals surface area contributed by atoms with E-state index in [0.717, 1.165) is 0 Å². The zero-order valence-corrected chi connectivity index (χ0v) is 14.1. The normalized spacial score (nSPS) is 21.0. The van der Waals surface area contributed by atoms with Crippen molar-refractivity contribution in [2.24, 2.45) is 0 Å². The highest BCUT2D eigenvalue weighted by molar-refractivity contribution is 5.69. The fourth-order valence-electron chi connectivity index (χ4n) is 2.41. The molecule has 1 aromatic heterocycles. The van der Waals surface area contributed by atoms with E-state index < -0.39 is 5.60 Å². The van der Waals surface area contributed by atoms with Crippen LogP contribution < -0.4 is 9.47 Å². The smallest absolute Gasteiger partial charge is 0.410 e. The molecule has 1 aliphatic heterocycles. The Kier molecular flexibility index (Phi) is 5.13. The summed E-state index contributed by atoms with van der Waals surface area (Å²) in [5, 5.41) is 0. The molecule has 1 saturated heterocycles. The van der Waals surface area contributed by atoms with Gasteiger partial charge in [-0.25, -0.2) is 9.78 Å². The number of aromatic nitrogens is 1. The number of rotatable bonds is 4. The average Bonchev–Trinajstić information content (AvgIpc) is 2.89. The number of hydrogen-bond donors (Lipinski definition) is 0. The summed E-state index contributed by atoms with van der Waals surface area (Å²) in [5.41, 5.74) is -0.526. The molecule has 1 aliphatic rings. The maximum Gasteiger partial charge on any atom is 0.410 e. The lowest BCUT2D eigenvalue weighted by Crippen LogP contribution is -2.39. The zero-order valence-electron chi connectivity index (χ0n) is 14.1. The number of hydrogen-bond acceptors (Lipinski definition) is 5. The first-order chi connectivity index (χ1) is 10.8. The third-order valence-corrected chi connectivity index (χ3v) is 3.43. The molecule has 23 heavy (non-hydrogen) atoms. The van der Waals surface area contributed by atoms with Gasteiger partial charge in [0.1, 0.15) is 17.5 Å². The van der Waals surface area contributed by atoms with E-state index in [4.69, 9.17) is 14.2 Å². The summed E-state index contributed by atoms with van der Waals surface area (Å²) in [7, 11) is 1.56. The van der Waals surface area contributed by atoms with Gasteiger partial charge in [0.15, 0.2) is 0 Å². The van der Waals surface area contributed by atoms with Gasteiger partial charge < -0.3 is 14.2 Å². The second-order valence-corrected chi connectivity index (χ2v) is 6.45. The van der Waals surface area contributed by atoms with Crippen LogP contribution in [0.4, 0.5) is 4.79 Å².